The van der Waals surface area contributed by atoms with E-state index in [9.17, 15) is 0 Å². The Morgan fingerprint density at radius 3 is 2.54 bits per heavy atom. The average Bonchev–Trinajstić information content (AvgIpc) is 2.19. The van der Waals surface area contributed by atoms with Gasteiger partial charge in [-0.3, -0.25) is 0 Å². The summed E-state index contributed by atoms with van der Waals surface area (Å²) in [4.78, 5) is 2.47. The Bertz CT molecular complexity index is 133. The third-order valence-corrected chi connectivity index (χ3v) is 3.08. The topological polar surface area (TPSA) is 15.3 Å². The normalized spacial score (nSPS) is 32.1. The maximum absolute atomic E-state index is 3.64. The third kappa shape index (κ3) is 3.65. The van der Waals surface area contributed by atoms with E-state index in [0.29, 0.717) is 6.04 Å². The smallest absolute Gasteiger partial charge is 0.00821 e. The van der Waals surface area contributed by atoms with Gasteiger partial charge in [0.15, 0.2) is 0 Å². The molecule has 0 saturated carbocycles. The highest BCUT2D eigenvalue weighted by Crippen LogP contribution is 2.15. The molecular weight excluding hydrogens is 160 g/mol. The number of hydrogen-bond donors (Lipinski definition) is 1. The lowest BCUT2D eigenvalue weighted by atomic mass is 10.1. The summed E-state index contributed by atoms with van der Waals surface area (Å²) in [6.07, 6.45) is 3.98. The maximum atomic E-state index is 3.64. The number of hydrogen-bond acceptors (Lipinski definition) is 2. The largest absolute Gasteiger partial charge is 0.312 e. The predicted octanol–water partition coefficient (Wildman–Crippen LogP) is 1.86. The van der Waals surface area contributed by atoms with Gasteiger partial charge in [-0.05, 0) is 39.8 Å². The van der Waals surface area contributed by atoms with E-state index in [-0.39, 0.29) is 0 Å². The molecule has 2 atom stereocenters. The van der Waals surface area contributed by atoms with E-state index in [1.807, 2.05) is 0 Å². The molecule has 0 spiro atoms. The Labute approximate surface area is 82.7 Å². The summed E-state index contributed by atoms with van der Waals surface area (Å²) in [6.45, 7) is 8.04. The summed E-state index contributed by atoms with van der Waals surface area (Å²) < 4.78 is 0. The Morgan fingerprint density at radius 2 is 1.92 bits per heavy atom. The molecule has 0 bridgehead atoms. The molecule has 1 heterocycles. The molecule has 13 heavy (non-hydrogen) atoms. The Morgan fingerprint density at radius 1 is 1.23 bits per heavy atom. The second-order valence-electron chi connectivity index (χ2n) is 4.71. The van der Waals surface area contributed by atoms with Crippen molar-refractivity contribution in [2.45, 2.75) is 58.2 Å². The molecule has 1 saturated heterocycles. The molecule has 1 aliphatic heterocycles. The lowest BCUT2D eigenvalue weighted by Crippen LogP contribution is -2.35. The monoisotopic (exact) mass is 184 g/mol. The van der Waals surface area contributed by atoms with Crippen molar-refractivity contribution in [1.29, 1.82) is 0 Å². The fourth-order valence-corrected chi connectivity index (χ4v) is 2.03. The van der Waals surface area contributed by atoms with Crippen molar-refractivity contribution in [2.75, 3.05) is 13.6 Å². The first-order valence-electron chi connectivity index (χ1n) is 5.56. The zero-order valence-corrected chi connectivity index (χ0v) is 9.51. The molecule has 0 aliphatic carbocycles. The van der Waals surface area contributed by atoms with E-state index in [1.165, 1.54) is 25.8 Å². The minimum absolute atomic E-state index is 0.628. The van der Waals surface area contributed by atoms with Crippen LogP contribution < -0.4 is 5.32 Å². The van der Waals surface area contributed by atoms with Gasteiger partial charge in [-0.1, -0.05) is 13.8 Å². The van der Waals surface area contributed by atoms with Crippen LogP contribution in [-0.4, -0.2) is 36.6 Å². The number of nitrogens with one attached hydrogen (secondary N) is 1. The van der Waals surface area contributed by atoms with Crippen molar-refractivity contribution in [3.63, 3.8) is 0 Å². The number of rotatable bonds is 2. The fraction of sp³-hybridized carbons (Fsp3) is 1.00. The van der Waals surface area contributed by atoms with Gasteiger partial charge >= 0.3 is 0 Å². The van der Waals surface area contributed by atoms with Crippen molar-refractivity contribution < 1.29 is 0 Å². The van der Waals surface area contributed by atoms with Gasteiger partial charge < -0.3 is 10.2 Å². The third-order valence-electron chi connectivity index (χ3n) is 3.08. The zero-order chi connectivity index (χ0) is 9.84. The molecule has 0 aromatic rings. The molecule has 2 nitrogen and oxygen atoms in total. The van der Waals surface area contributed by atoms with Crippen LogP contribution in [0, 0.1) is 0 Å². The Balaban J connectivity index is 2.35. The van der Waals surface area contributed by atoms with Crippen LogP contribution in [0.4, 0.5) is 0 Å². The maximum Gasteiger partial charge on any atom is 0.00821 e. The van der Waals surface area contributed by atoms with Crippen molar-refractivity contribution >= 4 is 0 Å². The van der Waals surface area contributed by atoms with Gasteiger partial charge in [-0.2, -0.15) is 0 Å². The highest BCUT2D eigenvalue weighted by molar-refractivity contribution is 4.78. The molecule has 1 aliphatic rings. The van der Waals surface area contributed by atoms with E-state index in [2.05, 4.69) is 38.0 Å². The van der Waals surface area contributed by atoms with Crippen LogP contribution in [0.1, 0.15) is 40.0 Å². The summed E-state index contributed by atoms with van der Waals surface area (Å²) >= 11 is 0. The summed E-state index contributed by atoms with van der Waals surface area (Å²) in [7, 11) is 2.24. The Hall–Kier alpha value is -0.0800. The highest BCUT2D eigenvalue weighted by atomic mass is 15.1. The number of likely N-dealkylation sites (tertiary alicyclic amines) is 1. The summed E-state index contributed by atoms with van der Waals surface area (Å²) in [5.41, 5.74) is 0. The molecule has 2 heteroatoms. The van der Waals surface area contributed by atoms with Crippen LogP contribution in [0.15, 0.2) is 0 Å². The molecule has 1 fully saturated rings. The first-order chi connectivity index (χ1) is 6.09. The lowest BCUT2D eigenvalue weighted by molar-refractivity contribution is 0.263. The molecule has 1 N–H and O–H groups in total. The van der Waals surface area contributed by atoms with Crippen LogP contribution >= 0.6 is 0 Å². The van der Waals surface area contributed by atoms with Gasteiger partial charge in [0.25, 0.3) is 0 Å². The van der Waals surface area contributed by atoms with Gasteiger partial charge in [0.2, 0.25) is 0 Å². The van der Waals surface area contributed by atoms with Crippen LogP contribution in [0.5, 0.6) is 0 Å². The standard InChI is InChI=1S/C11H24N2/c1-9(2)12-11-6-5-10(3)13(4)8-7-11/h9-12H,5-8H2,1-4H3/t10-,11?/m0/s1. The van der Waals surface area contributed by atoms with Gasteiger partial charge in [0, 0.05) is 18.1 Å². The molecule has 1 rings (SSSR count). The molecule has 78 valence electrons. The van der Waals surface area contributed by atoms with E-state index in [1.54, 1.807) is 0 Å². The van der Waals surface area contributed by atoms with Gasteiger partial charge in [-0.25, -0.2) is 0 Å². The number of nitrogens with zero attached hydrogens (tertiary/aromatic N) is 1. The average molecular weight is 184 g/mol. The van der Waals surface area contributed by atoms with Gasteiger partial charge in [0.1, 0.15) is 0 Å². The predicted molar refractivity (Wildman–Crippen MR) is 58.0 cm³/mol. The molecule has 1 unspecified atom stereocenters. The summed E-state index contributed by atoms with van der Waals surface area (Å²) in [5.74, 6) is 0. The van der Waals surface area contributed by atoms with Gasteiger partial charge in [-0.15, -0.1) is 0 Å². The van der Waals surface area contributed by atoms with Crippen molar-refractivity contribution in [3.8, 4) is 0 Å². The van der Waals surface area contributed by atoms with E-state index in [0.717, 1.165) is 12.1 Å². The van der Waals surface area contributed by atoms with Crippen molar-refractivity contribution in [2.24, 2.45) is 0 Å². The molecule has 0 aromatic heterocycles. The highest BCUT2D eigenvalue weighted by Gasteiger charge is 2.19. The summed E-state index contributed by atoms with van der Waals surface area (Å²) in [6, 6.07) is 2.13. The second kappa shape index (κ2) is 4.97. The summed E-state index contributed by atoms with van der Waals surface area (Å²) in [5, 5.41) is 3.64. The first kappa shape index (κ1) is 11.0. The van der Waals surface area contributed by atoms with E-state index < -0.39 is 0 Å². The molecule has 0 radical (unpaired) electrons. The first-order valence-corrected chi connectivity index (χ1v) is 5.56. The van der Waals surface area contributed by atoms with Crippen LogP contribution in [-0.2, 0) is 0 Å². The zero-order valence-electron chi connectivity index (χ0n) is 9.51. The fourth-order valence-electron chi connectivity index (χ4n) is 2.03. The minimum atomic E-state index is 0.628. The van der Waals surface area contributed by atoms with Crippen LogP contribution in [0.25, 0.3) is 0 Å². The second-order valence-corrected chi connectivity index (χ2v) is 4.71. The quantitative estimate of drug-likeness (QED) is 0.704. The van der Waals surface area contributed by atoms with Gasteiger partial charge in [0.05, 0.1) is 0 Å². The van der Waals surface area contributed by atoms with E-state index in [4.69, 9.17) is 0 Å². The SMILES string of the molecule is CC(C)NC1CC[C@H](C)N(C)CC1. The molecule has 0 amide bonds. The van der Waals surface area contributed by atoms with E-state index >= 15 is 0 Å². The minimum Gasteiger partial charge on any atom is -0.312 e. The van der Waals surface area contributed by atoms with Crippen molar-refractivity contribution in [1.82, 2.24) is 10.2 Å². The van der Waals surface area contributed by atoms with Crippen LogP contribution in [0.2, 0.25) is 0 Å². The van der Waals surface area contributed by atoms with Crippen molar-refractivity contribution in [3.05, 3.63) is 0 Å². The Kier molecular flexibility index (Phi) is 4.20. The van der Waals surface area contributed by atoms with Crippen LogP contribution in [0.3, 0.4) is 0 Å². The molecule has 0 aromatic carbocycles. The molecular formula is C11H24N2. The lowest BCUT2D eigenvalue weighted by Gasteiger charge is -2.20.